The van der Waals surface area contributed by atoms with Gasteiger partial charge >= 0.3 is 5.97 Å². The van der Waals surface area contributed by atoms with Crippen LogP contribution in [0.5, 0.6) is 0 Å². The highest BCUT2D eigenvalue weighted by atomic mass is 32.2. The summed E-state index contributed by atoms with van der Waals surface area (Å²) in [6.45, 7) is -0.00902. The predicted molar refractivity (Wildman–Crippen MR) is 80.6 cm³/mol. The maximum Gasteiger partial charge on any atom is 0.335 e. The molecular weight excluding hydrogens is 320 g/mol. The number of nitrogens with one attached hydrogen (secondary N) is 1. The van der Waals surface area contributed by atoms with Gasteiger partial charge in [0.2, 0.25) is 10.0 Å². The smallest absolute Gasteiger partial charge is 0.335 e. The lowest BCUT2D eigenvalue weighted by Crippen LogP contribution is -2.26. The topological polar surface area (TPSA) is 110 Å². The Bertz CT molecular complexity index is 828. The molecule has 3 rings (SSSR count). The van der Waals surface area contributed by atoms with Crippen LogP contribution in [-0.4, -0.2) is 24.7 Å². The highest BCUT2D eigenvalue weighted by molar-refractivity contribution is 7.89. The van der Waals surface area contributed by atoms with Crippen molar-refractivity contribution in [2.75, 3.05) is 0 Å². The fourth-order valence-corrected chi connectivity index (χ4v) is 4.10. The van der Waals surface area contributed by atoms with Gasteiger partial charge in [-0.3, -0.25) is 0 Å². The molecule has 122 valence electrons. The fraction of sp³-hybridized carbons (Fsp3) is 0.333. The molecule has 0 saturated carbocycles. The van der Waals surface area contributed by atoms with Gasteiger partial charge in [0.1, 0.15) is 6.26 Å². The second-order valence-corrected chi connectivity index (χ2v) is 7.18. The number of aromatic nitrogens is 1. The number of carboxylic acids is 1. The molecule has 2 aromatic rings. The molecule has 8 heteroatoms. The van der Waals surface area contributed by atoms with Crippen LogP contribution in [0, 0.1) is 0 Å². The molecule has 0 unspecified atom stereocenters. The average Bonchev–Trinajstić information content (AvgIpc) is 3.05. The van der Waals surface area contributed by atoms with Crippen molar-refractivity contribution in [2.45, 2.75) is 37.1 Å². The van der Waals surface area contributed by atoms with Crippen molar-refractivity contribution in [3.05, 3.63) is 46.8 Å². The van der Waals surface area contributed by atoms with Gasteiger partial charge < -0.3 is 9.63 Å². The lowest BCUT2D eigenvalue weighted by atomic mass is 9.90. The maximum atomic E-state index is 12.6. The molecule has 0 amide bonds. The molecule has 0 saturated heterocycles. The molecular formula is C15H16N2O5S. The van der Waals surface area contributed by atoms with E-state index in [-0.39, 0.29) is 17.0 Å². The zero-order chi connectivity index (χ0) is 16.4. The van der Waals surface area contributed by atoms with Crippen LogP contribution in [0.1, 0.15) is 40.0 Å². The highest BCUT2D eigenvalue weighted by Gasteiger charge is 2.25. The summed E-state index contributed by atoms with van der Waals surface area (Å²) in [4.78, 5) is 11.3. The first-order valence-electron chi connectivity index (χ1n) is 7.25. The molecule has 0 fully saturated rings. The Morgan fingerprint density at radius 1 is 1.30 bits per heavy atom. The van der Waals surface area contributed by atoms with Gasteiger partial charge in [0.25, 0.3) is 0 Å². The summed E-state index contributed by atoms with van der Waals surface area (Å²) < 4.78 is 32.3. The Kier molecular flexibility index (Phi) is 4.18. The molecule has 1 aromatic carbocycles. The average molecular weight is 336 g/mol. The van der Waals surface area contributed by atoms with Crippen LogP contribution >= 0.6 is 0 Å². The van der Waals surface area contributed by atoms with Gasteiger partial charge in [0.15, 0.2) is 0 Å². The fourth-order valence-electron chi connectivity index (χ4n) is 2.77. The van der Waals surface area contributed by atoms with Crippen molar-refractivity contribution >= 4 is 16.0 Å². The summed E-state index contributed by atoms with van der Waals surface area (Å²) in [7, 11) is -3.83. The Morgan fingerprint density at radius 3 is 2.78 bits per heavy atom. The van der Waals surface area contributed by atoms with E-state index < -0.39 is 16.0 Å². The van der Waals surface area contributed by atoms with Gasteiger partial charge in [-0.2, -0.15) is 0 Å². The van der Waals surface area contributed by atoms with Crippen molar-refractivity contribution in [1.82, 2.24) is 9.88 Å². The molecule has 0 radical (unpaired) electrons. The number of hydrogen-bond acceptors (Lipinski definition) is 5. The molecule has 2 N–H and O–H groups in total. The van der Waals surface area contributed by atoms with E-state index in [9.17, 15) is 18.3 Å². The first-order chi connectivity index (χ1) is 11.0. The Balaban J connectivity index is 1.99. The minimum Gasteiger partial charge on any atom is -0.478 e. The van der Waals surface area contributed by atoms with Gasteiger partial charge in [0.05, 0.1) is 22.7 Å². The maximum absolute atomic E-state index is 12.6. The van der Waals surface area contributed by atoms with Crippen LogP contribution in [0.3, 0.4) is 0 Å². The number of carboxylic acid groups (broad SMARTS) is 1. The molecule has 1 aliphatic carbocycles. The van der Waals surface area contributed by atoms with Crippen molar-refractivity contribution in [3.63, 3.8) is 0 Å². The number of hydrogen-bond donors (Lipinski definition) is 2. The second-order valence-electron chi connectivity index (χ2n) is 5.44. The van der Waals surface area contributed by atoms with Crippen molar-refractivity contribution in [1.29, 1.82) is 0 Å². The van der Waals surface area contributed by atoms with E-state index in [0.29, 0.717) is 24.1 Å². The zero-order valence-electron chi connectivity index (χ0n) is 12.3. The quantitative estimate of drug-likeness (QED) is 0.860. The molecule has 23 heavy (non-hydrogen) atoms. The molecule has 7 nitrogen and oxygen atoms in total. The lowest BCUT2D eigenvalue weighted by molar-refractivity contribution is 0.0696. The molecule has 1 aromatic heterocycles. The summed E-state index contributed by atoms with van der Waals surface area (Å²) in [5.41, 5.74) is 1.97. The number of fused-ring (bicyclic) bond motifs is 1. The van der Waals surface area contributed by atoms with Gasteiger partial charge in [-0.25, -0.2) is 17.9 Å². The summed E-state index contributed by atoms with van der Waals surface area (Å²) in [6, 6.07) is 4.37. The van der Waals surface area contributed by atoms with E-state index in [4.69, 9.17) is 0 Å². The summed E-state index contributed by atoms with van der Waals surface area (Å²) in [6.07, 6.45) is 4.52. The summed E-state index contributed by atoms with van der Waals surface area (Å²) >= 11 is 0. The van der Waals surface area contributed by atoms with Crippen LogP contribution in [0.15, 0.2) is 33.9 Å². The summed E-state index contributed by atoms with van der Waals surface area (Å²) in [5.74, 6) is -1.13. The van der Waals surface area contributed by atoms with Crippen molar-refractivity contribution in [3.8, 4) is 0 Å². The minimum absolute atomic E-state index is 0.00698. The molecule has 0 atom stereocenters. The number of carbonyl (C=O) groups is 1. The largest absolute Gasteiger partial charge is 0.478 e. The molecule has 1 aliphatic rings. The molecule has 0 aliphatic heterocycles. The number of aromatic carboxylic acids is 1. The lowest BCUT2D eigenvalue weighted by Gasteiger charge is -2.20. The predicted octanol–water partition coefficient (Wildman–Crippen LogP) is 1.73. The monoisotopic (exact) mass is 336 g/mol. The van der Waals surface area contributed by atoms with Crippen LogP contribution in [0.2, 0.25) is 0 Å². The Morgan fingerprint density at radius 2 is 2.09 bits per heavy atom. The van der Waals surface area contributed by atoms with E-state index >= 15 is 0 Å². The van der Waals surface area contributed by atoms with Gasteiger partial charge in [-0.15, -0.1) is 0 Å². The second kappa shape index (κ2) is 6.13. The van der Waals surface area contributed by atoms with Crippen LogP contribution < -0.4 is 4.72 Å². The first kappa shape index (κ1) is 15.7. The number of sulfonamides is 1. The molecule has 1 heterocycles. The normalized spacial score (nSPS) is 14.4. The third-order valence-corrected chi connectivity index (χ3v) is 5.36. The highest BCUT2D eigenvalue weighted by Crippen LogP contribution is 2.29. The van der Waals surface area contributed by atoms with E-state index in [2.05, 4.69) is 14.4 Å². The SMILES string of the molecule is O=C(O)c1cc2c(c(S(=O)(=O)NCc3ccon3)c1)CCCC2. The number of benzene rings is 1. The van der Waals surface area contributed by atoms with Crippen molar-refractivity contribution < 1.29 is 22.8 Å². The van der Waals surface area contributed by atoms with Crippen LogP contribution in [0.4, 0.5) is 0 Å². The summed E-state index contributed by atoms with van der Waals surface area (Å²) in [5, 5.41) is 12.9. The Labute approximate surface area is 133 Å². The molecule has 0 spiro atoms. The van der Waals surface area contributed by atoms with Gasteiger partial charge in [-0.1, -0.05) is 5.16 Å². The van der Waals surface area contributed by atoms with E-state index in [1.807, 2.05) is 0 Å². The standard InChI is InChI=1S/C15H16N2O5S/c18-15(19)11-7-10-3-1-2-4-13(10)14(8-11)23(20,21)16-9-12-5-6-22-17-12/h5-8,16H,1-4,9H2,(H,18,19). The van der Waals surface area contributed by atoms with Crippen molar-refractivity contribution in [2.24, 2.45) is 0 Å². The van der Waals surface area contributed by atoms with Crippen LogP contribution in [-0.2, 0) is 29.4 Å². The molecule has 0 bridgehead atoms. The van der Waals surface area contributed by atoms with E-state index in [1.54, 1.807) is 12.1 Å². The third kappa shape index (κ3) is 3.27. The zero-order valence-corrected chi connectivity index (χ0v) is 13.1. The van der Waals surface area contributed by atoms with Gasteiger partial charge in [0, 0.05) is 6.07 Å². The third-order valence-electron chi connectivity index (χ3n) is 3.90. The number of rotatable bonds is 5. The van der Waals surface area contributed by atoms with Crippen LogP contribution in [0.25, 0.3) is 0 Å². The first-order valence-corrected chi connectivity index (χ1v) is 8.74. The van der Waals surface area contributed by atoms with E-state index in [1.165, 1.54) is 12.3 Å². The number of nitrogens with zero attached hydrogens (tertiary/aromatic N) is 1. The van der Waals surface area contributed by atoms with Gasteiger partial charge in [-0.05, 0) is 48.9 Å². The minimum atomic E-state index is -3.83. The Hall–Kier alpha value is -2.19. The van der Waals surface area contributed by atoms with E-state index in [0.717, 1.165) is 18.4 Å². The number of aryl methyl sites for hydroxylation is 1.